The van der Waals surface area contributed by atoms with E-state index in [0.29, 0.717) is 6.54 Å². The molecule has 0 bridgehead atoms. The number of esters is 1. The average molecular weight is 355 g/mol. The number of para-hydroxylation sites is 1. The molecule has 0 N–H and O–H groups in total. The predicted octanol–water partition coefficient (Wildman–Crippen LogP) is 3.61. The summed E-state index contributed by atoms with van der Waals surface area (Å²) in [7, 11) is 0. The van der Waals surface area contributed by atoms with Crippen LogP contribution in [0.15, 0.2) is 53.4 Å². The van der Waals surface area contributed by atoms with E-state index in [9.17, 15) is 9.59 Å². The van der Waals surface area contributed by atoms with Gasteiger partial charge in [-0.3, -0.25) is 9.59 Å². The van der Waals surface area contributed by atoms with Crippen LogP contribution in [0, 0.1) is 6.92 Å². The second kappa shape index (κ2) is 7.74. The van der Waals surface area contributed by atoms with Crippen LogP contribution in [-0.4, -0.2) is 30.3 Å². The van der Waals surface area contributed by atoms with Gasteiger partial charge in [0.25, 0.3) is 5.91 Å². The van der Waals surface area contributed by atoms with Crippen molar-refractivity contribution in [2.24, 2.45) is 0 Å². The summed E-state index contributed by atoms with van der Waals surface area (Å²) in [6, 6.07) is 15.7. The normalized spacial score (nSPS) is 14.1. The number of aryl methyl sites for hydroxylation is 1. The molecule has 5 heteroatoms. The van der Waals surface area contributed by atoms with Gasteiger partial charge in [0.05, 0.1) is 5.75 Å². The summed E-state index contributed by atoms with van der Waals surface area (Å²) in [5, 5.41) is 0. The van der Waals surface area contributed by atoms with E-state index < -0.39 is 6.10 Å². The van der Waals surface area contributed by atoms with E-state index in [1.165, 1.54) is 11.8 Å². The van der Waals surface area contributed by atoms with Crippen LogP contribution in [0.25, 0.3) is 0 Å². The van der Waals surface area contributed by atoms with Crippen LogP contribution < -0.4 is 4.90 Å². The SMILES string of the molecule is Cc1ccccc1SCC(=O)OC(C)C(=O)N1CCc2ccccc21. The molecule has 1 aliphatic heterocycles. The van der Waals surface area contributed by atoms with E-state index in [-0.39, 0.29) is 17.6 Å². The van der Waals surface area contributed by atoms with Crippen molar-refractivity contribution in [2.75, 3.05) is 17.2 Å². The summed E-state index contributed by atoms with van der Waals surface area (Å²) in [6.45, 7) is 4.28. The molecule has 3 rings (SSSR count). The lowest BCUT2D eigenvalue weighted by Gasteiger charge is -2.21. The van der Waals surface area contributed by atoms with E-state index in [4.69, 9.17) is 4.74 Å². The number of anilines is 1. The van der Waals surface area contributed by atoms with Gasteiger partial charge < -0.3 is 9.64 Å². The third-order valence-electron chi connectivity index (χ3n) is 4.25. The van der Waals surface area contributed by atoms with Gasteiger partial charge in [0.2, 0.25) is 0 Å². The third kappa shape index (κ3) is 4.04. The Morgan fingerprint density at radius 1 is 1.16 bits per heavy atom. The van der Waals surface area contributed by atoms with Gasteiger partial charge in [-0.2, -0.15) is 0 Å². The highest BCUT2D eigenvalue weighted by molar-refractivity contribution is 8.00. The maximum atomic E-state index is 12.6. The molecule has 25 heavy (non-hydrogen) atoms. The number of benzene rings is 2. The van der Waals surface area contributed by atoms with Crippen LogP contribution in [0.1, 0.15) is 18.1 Å². The molecule has 130 valence electrons. The number of rotatable bonds is 5. The van der Waals surface area contributed by atoms with E-state index in [1.807, 2.05) is 55.5 Å². The number of fused-ring (bicyclic) bond motifs is 1. The topological polar surface area (TPSA) is 46.6 Å². The van der Waals surface area contributed by atoms with Crippen molar-refractivity contribution in [3.63, 3.8) is 0 Å². The number of amides is 1. The van der Waals surface area contributed by atoms with Crippen LogP contribution in [0.4, 0.5) is 5.69 Å². The quantitative estimate of drug-likeness (QED) is 0.607. The first-order valence-corrected chi connectivity index (χ1v) is 9.32. The molecular weight excluding hydrogens is 334 g/mol. The number of ether oxygens (including phenoxy) is 1. The van der Waals surface area contributed by atoms with E-state index >= 15 is 0 Å². The largest absolute Gasteiger partial charge is 0.452 e. The summed E-state index contributed by atoms with van der Waals surface area (Å²) in [6.07, 6.45) is 0.0576. The van der Waals surface area contributed by atoms with Crippen LogP contribution in [0.3, 0.4) is 0 Å². The number of carbonyl (C=O) groups excluding carboxylic acids is 2. The lowest BCUT2D eigenvalue weighted by Crippen LogP contribution is -2.39. The van der Waals surface area contributed by atoms with Gasteiger partial charge in [-0.05, 0) is 43.5 Å². The molecule has 0 radical (unpaired) electrons. The smallest absolute Gasteiger partial charge is 0.317 e. The molecule has 0 aromatic heterocycles. The summed E-state index contributed by atoms with van der Waals surface area (Å²) < 4.78 is 5.35. The minimum atomic E-state index is -0.781. The lowest BCUT2D eigenvalue weighted by atomic mass is 10.2. The van der Waals surface area contributed by atoms with Crippen LogP contribution in [0.5, 0.6) is 0 Å². The van der Waals surface area contributed by atoms with Crippen molar-refractivity contribution in [3.8, 4) is 0 Å². The summed E-state index contributed by atoms with van der Waals surface area (Å²) >= 11 is 1.43. The maximum Gasteiger partial charge on any atom is 0.317 e. The number of nitrogens with zero attached hydrogens (tertiary/aromatic N) is 1. The van der Waals surface area contributed by atoms with Gasteiger partial charge in [0, 0.05) is 17.1 Å². The Hall–Kier alpha value is -2.27. The van der Waals surface area contributed by atoms with Gasteiger partial charge in [0.1, 0.15) is 0 Å². The van der Waals surface area contributed by atoms with Gasteiger partial charge in [-0.15, -0.1) is 11.8 Å². The first-order chi connectivity index (χ1) is 12.1. The van der Waals surface area contributed by atoms with Crippen molar-refractivity contribution >= 4 is 29.3 Å². The molecular formula is C20H21NO3S. The fourth-order valence-electron chi connectivity index (χ4n) is 2.92. The molecule has 0 spiro atoms. The number of hydrogen-bond donors (Lipinski definition) is 0. The zero-order valence-electron chi connectivity index (χ0n) is 14.4. The summed E-state index contributed by atoms with van der Waals surface area (Å²) in [5.74, 6) is -0.347. The Morgan fingerprint density at radius 3 is 2.68 bits per heavy atom. The van der Waals surface area contributed by atoms with Gasteiger partial charge in [-0.1, -0.05) is 36.4 Å². The second-order valence-electron chi connectivity index (χ2n) is 6.05. The molecule has 1 atom stereocenters. The third-order valence-corrected chi connectivity index (χ3v) is 5.40. The lowest BCUT2D eigenvalue weighted by molar-refractivity contribution is -0.151. The monoisotopic (exact) mass is 355 g/mol. The van der Waals surface area contributed by atoms with Crippen LogP contribution >= 0.6 is 11.8 Å². The standard InChI is InChI=1S/C20H21NO3S/c1-14-7-3-6-10-18(14)25-13-19(22)24-15(2)20(23)21-12-11-16-8-4-5-9-17(16)21/h3-10,15H,11-13H2,1-2H3. The molecule has 0 fully saturated rings. The average Bonchev–Trinajstić information content (AvgIpc) is 3.04. The minimum absolute atomic E-state index is 0.167. The van der Waals surface area contributed by atoms with Gasteiger partial charge in [0.15, 0.2) is 6.10 Å². The maximum absolute atomic E-state index is 12.6. The first-order valence-electron chi connectivity index (χ1n) is 8.33. The number of thioether (sulfide) groups is 1. The van der Waals surface area contributed by atoms with E-state index in [2.05, 4.69) is 0 Å². The zero-order chi connectivity index (χ0) is 17.8. The van der Waals surface area contributed by atoms with Crippen molar-refractivity contribution < 1.29 is 14.3 Å². The molecule has 1 unspecified atom stereocenters. The molecule has 0 aliphatic carbocycles. The van der Waals surface area contributed by atoms with E-state index in [0.717, 1.165) is 28.1 Å². The Bertz CT molecular complexity index is 790. The fourth-order valence-corrected chi connectivity index (χ4v) is 3.74. The highest BCUT2D eigenvalue weighted by Crippen LogP contribution is 2.28. The second-order valence-corrected chi connectivity index (χ2v) is 7.07. The predicted molar refractivity (Wildman–Crippen MR) is 100.0 cm³/mol. The number of hydrogen-bond acceptors (Lipinski definition) is 4. The summed E-state index contributed by atoms with van der Waals surface area (Å²) in [5.41, 5.74) is 3.20. The Labute approximate surface area is 152 Å². The van der Waals surface area contributed by atoms with E-state index in [1.54, 1.807) is 11.8 Å². The van der Waals surface area contributed by atoms with Crippen molar-refractivity contribution in [1.82, 2.24) is 0 Å². The molecule has 1 heterocycles. The molecule has 0 saturated carbocycles. The first kappa shape index (κ1) is 17.5. The molecule has 2 aromatic carbocycles. The van der Waals surface area contributed by atoms with Crippen molar-refractivity contribution in [2.45, 2.75) is 31.3 Å². The molecule has 1 amide bonds. The summed E-state index contributed by atoms with van der Waals surface area (Å²) in [4.78, 5) is 27.5. The highest BCUT2D eigenvalue weighted by atomic mass is 32.2. The zero-order valence-corrected chi connectivity index (χ0v) is 15.2. The molecule has 4 nitrogen and oxygen atoms in total. The Balaban J connectivity index is 1.55. The van der Waals surface area contributed by atoms with Crippen LogP contribution in [0.2, 0.25) is 0 Å². The molecule has 1 aliphatic rings. The molecule has 2 aromatic rings. The highest BCUT2D eigenvalue weighted by Gasteiger charge is 2.29. The van der Waals surface area contributed by atoms with Gasteiger partial charge >= 0.3 is 5.97 Å². The Morgan fingerprint density at radius 2 is 1.88 bits per heavy atom. The molecule has 0 saturated heterocycles. The van der Waals surface area contributed by atoms with Crippen molar-refractivity contribution in [1.29, 1.82) is 0 Å². The van der Waals surface area contributed by atoms with Gasteiger partial charge in [-0.25, -0.2) is 0 Å². The number of carbonyl (C=O) groups is 2. The minimum Gasteiger partial charge on any atom is -0.452 e. The van der Waals surface area contributed by atoms with Crippen LogP contribution in [-0.2, 0) is 20.7 Å². The van der Waals surface area contributed by atoms with Crippen molar-refractivity contribution in [3.05, 3.63) is 59.7 Å². The Kier molecular flexibility index (Phi) is 5.43. The fraction of sp³-hybridized carbons (Fsp3) is 0.300.